The fourth-order valence-corrected chi connectivity index (χ4v) is 5.45. The fourth-order valence-electron chi connectivity index (χ4n) is 4.94. The van der Waals surface area contributed by atoms with Crippen molar-refractivity contribution in [1.82, 2.24) is 4.98 Å². The van der Waals surface area contributed by atoms with Crippen LogP contribution < -0.4 is 14.5 Å². The van der Waals surface area contributed by atoms with Crippen LogP contribution in [0.2, 0.25) is 0 Å². The largest absolute Gasteiger partial charge is 0.494 e. The zero-order valence-corrected chi connectivity index (χ0v) is 25.5. The summed E-state index contributed by atoms with van der Waals surface area (Å²) in [5, 5.41) is 8.67. The van der Waals surface area contributed by atoms with Crippen molar-refractivity contribution in [2.45, 2.75) is 51.5 Å². The molecule has 0 radical (unpaired) electrons. The lowest BCUT2D eigenvalue weighted by atomic mass is 10.0. The number of ether oxygens (including phenoxy) is 2. The normalized spacial score (nSPS) is 15.0. The summed E-state index contributed by atoms with van der Waals surface area (Å²) in [7, 11) is 0. The maximum atomic E-state index is 15.3. The van der Waals surface area contributed by atoms with Crippen molar-refractivity contribution in [3.63, 3.8) is 0 Å². The Labute approximate surface area is 265 Å². The number of thiocarbonyl (C=S) groups is 1. The van der Waals surface area contributed by atoms with Gasteiger partial charge in [-0.15, -0.1) is 0 Å². The summed E-state index contributed by atoms with van der Waals surface area (Å²) in [6.07, 6.45) is -7.57. The van der Waals surface area contributed by atoms with Crippen LogP contribution in [-0.2, 0) is 21.9 Å². The van der Waals surface area contributed by atoms with E-state index in [0.717, 1.165) is 24.4 Å². The van der Waals surface area contributed by atoms with Gasteiger partial charge in [-0.25, -0.2) is 4.39 Å². The third-order valence-corrected chi connectivity index (χ3v) is 7.53. The Morgan fingerprint density at radius 3 is 2.28 bits per heavy atom. The van der Waals surface area contributed by atoms with Crippen molar-refractivity contribution >= 4 is 34.6 Å². The molecule has 0 unspecified atom stereocenters. The van der Waals surface area contributed by atoms with E-state index < -0.39 is 57.1 Å². The Balaban J connectivity index is 1.64. The highest BCUT2D eigenvalue weighted by atomic mass is 32.1. The van der Waals surface area contributed by atoms with Crippen molar-refractivity contribution in [3.05, 3.63) is 71.2 Å². The number of amides is 1. The standard InChI is InChI=1S/C31H27F7N4O3S/c1-4-44-13-5-6-14-45-20-9-10-21(22(15-20)30(33,34)35)23-11-8-19(17-40-23)42-28(46)41(27(43)29(42,2)3)24-12-7-18(16-39)25(26(24)32)31(36,37)38/h7-12,15,17H,4-6,13-14H2,1-3H3. The van der Waals surface area contributed by atoms with Crippen LogP contribution in [0.1, 0.15) is 50.3 Å². The number of nitrogens with zero attached hydrogens (tertiary/aromatic N) is 4. The monoisotopic (exact) mass is 668 g/mol. The Kier molecular flexibility index (Phi) is 9.93. The van der Waals surface area contributed by atoms with Gasteiger partial charge in [-0.05, 0) is 88.3 Å². The number of hydrogen-bond donors (Lipinski definition) is 0. The van der Waals surface area contributed by atoms with E-state index in [9.17, 15) is 31.1 Å². The second-order valence-corrected chi connectivity index (χ2v) is 11.0. The number of aromatic nitrogens is 1. The lowest BCUT2D eigenvalue weighted by molar-refractivity contribution is -0.140. The molecule has 0 spiro atoms. The molecule has 2 aromatic carbocycles. The number of benzene rings is 2. The topological polar surface area (TPSA) is 78.7 Å². The highest BCUT2D eigenvalue weighted by Gasteiger charge is 2.52. The molecule has 0 bridgehead atoms. The second-order valence-electron chi connectivity index (χ2n) is 10.6. The van der Waals surface area contributed by atoms with E-state index >= 15 is 4.39 Å². The van der Waals surface area contributed by atoms with E-state index in [1.807, 2.05) is 6.92 Å². The first kappa shape index (κ1) is 34.6. The molecule has 1 aliphatic heterocycles. The summed E-state index contributed by atoms with van der Waals surface area (Å²) in [6.45, 7) is 5.91. The minimum Gasteiger partial charge on any atom is -0.494 e. The summed E-state index contributed by atoms with van der Waals surface area (Å²) >= 11 is 5.40. The summed E-state index contributed by atoms with van der Waals surface area (Å²) < 4.78 is 109. The molecule has 0 aliphatic carbocycles. The zero-order valence-electron chi connectivity index (χ0n) is 24.7. The quantitative estimate of drug-likeness (QED) is 0.123. The van der Waals surface area contributed by atoms with Gasteiger partial charge in [0.25, 0.3) is 5.91 Å². The van der Waals surface area contributed by atoms with Gasteiger partial charge in [0.2, 0.25) is 0 Å². The van der Waals surface area contributed by atoms with Gasteiger partial charge < -0.3 is 14.4 Å². The van der Waals surface area contributed by atoms with Gasteiger partial charge in [0.1, 0.15) is 16.9 Å². The van der Waals surface area contributed by atoms with Crippen molar-refractivity contribution < 1.29 is 45.0 Å². The minimum absolute atomic E-state index is 0.0237. The molecule has 0 N–H and O–H groups in total. The van der Waals surface area contributed by atoms with Crippen LogP contribution in [0.4, 0.5) is 42.1 Å². The van der Waals surface area contributed by atoms with Crippen molar-refractivity contribution in [2.75, 3.05) is 29.6 Å². The molecule has 1 aromatic heterocycles. The number of alkyl halides is 6. The molecular formula is C31H27F7N4O3S. The molecule has 15 heteroatoms. The first-order valence-electron chi connectivity index (χ1n) is 13.9. The number of unbranched alkanes of at least 4 members (excludes halogenated alkanes) is 1. The van der Waals surface area contributed by atoms with Crippen LogP contribution >= 0.6 is 12.2 Å². The first-order valence-corrected chi connectivity index (χ1v) is 14.3. The van der Waals surface area contributed by atoms with Crippen LogP contribution in [0.15, 0.2) is 48.7 Å². The van der Waals surface area contributed by atoms with E-state index in [2.05, 4.69) is 4.98 Å². The average Bonchev–Trinajstić information content (AvgIpc) is 3.16. The Morgan fingerprint density at radius 2 is 1.70 bits per heavy atom. The van der Waals surface area contributed by atoms with Gasteiger partial charge in [0.15, 0.2) is 10.9 Å². The van der Waals surface area contributed by atoms with Crippen molar-refractivity contribution in [1.29, 1.82) is 5.26 Å². The van der Waals surface area contributed by atoms with Crippen molar-refractivity contribution in [3.8, 4) is 23.1 Å². The first-order chi connectivity index (χ1) is 21.5. The number of nitriles is 1. The van der Waals surface area contributed by atoms with E-state index in [1.54, 1.807) is 0 Å². The lowest BCUT2D eigenvalue weighted by Crippen LogP contribution is -2.44. The summed E-state index contributed by atoms with van der Waals surface area (Å²) in [5.74, 6) is -2.72. The molecular weight excluding hydrogens is 641 g/mol. The minimum atomic E-state index is -5.24. The average molecular weight is 669 g/mol. The second kappa shape index (κ2) is 13.2. The molecule has 4 rings (SSSR count). The third kappa shape index (κ3) is 6.78. The molecule has 3 aromatic rings. The molecule has 1 fully saturated rings. The fraction of sp³-hybridized carbons (Fsp3) is 0.355. The number of halogens is 7. The SMILES string of the molecule is CCOCCCCOc1ccc(-c2ccc(N3C(=S)N(c4ccc(C#N)c(C(F)(F)F)c4F)C(=O)C3(C)C)cn2)c(C(F)(F)F)c1. The Morgan fingerprint density at radius 1 is 1.00 bits per heavy atom. The van der Waals surface area contributed by atoms with Gasteiger partial charge in [-0.2, -0.15) is 31.6 Å². The molecule has 1 aliphatic rings. The maximum absolute atomic E-state index is 15.3. The molecule has 244 valence electrons. The van der Waals surface area contributed by atoms with Gasteiger partial charge in [0, 0.05) is 18.8 Å². The number of hydrogen-bond acceptors (Lipinski definition) is 6. The van der Waals surface area contributed by atoms with Gasteiger partial charge in [-0.3, -0.25) is 14.7 Å². The molecule has 1 saturated heterocycles. The molecule has 7 nitrogen and oxygen atoms in total. The summed E-state index contributed by atoms with van der Waals surface area (Å²) in [6, 6.07) is 8.97. The number of pyridine rings is 1. The van der Waals surface area contributed by atoms with E-state index in [0.29, 0.717) is 31.0 Å². The lowest BCUT2D eigenvalue weighted by Gasteiger charge is -2.29. The Hall–Kier alpha value is -4.29. The van der Waals surface area contributed by atoms with Crippen LogP contribution in [0.3, 0.4) is 0 Å². The van der Waals surface area contributed by atoms with E-state index in [-0.39, 0.29) is 29.3 Å². The number of carbonyl (C=O) groups is 1. The van der Waals surface area contributed by atoms with Crippen LogP contribution in [0.25, 0.3) is 11.3 Å². The predicted octanol–water partition coefficient (Wildman–Crippen LogP) is 7.91. The van der Waals surface area contributed by atoms with Gasteiger partial charge in [-0.1, -0.05) is 0 Å². The van der Waals surface area contributed by atoms with Gasteiger partial charge >= 0.3 is 12.4 Å². The highest BCUT2D eigenvalue weighted by Crippen LogP contribution is 2.43. The van der Waals surface area contributed by atoms with Crippen LogP contribution in [0, 0.1) is 17.1 Å². The Bertz CT molecular complexity index is 1670. The third-order valence-electron chi connectivity index (χ3n) is 7.17. The molecule has 1 amide bonds. The highest BCUT2D eigenvalue weighted by molar-refractivity contribution is 7.81. The zero-order chi connectivity index (χ0) is 34.0. The molecule has 46 heavy (non-hydrogen) atoms. The van der Waals surface area contributed by atoms with Gasteiger partial charge in [0.05, 0.1) is 47.1 Å². The van der Waals surface area contributed by atoms with Crippen LogP contribution in [0.5, 0.6) is 5.75 Å². The number of carbonyl (C=O) groups excluding carboxylic acids is 1. The summed E-state index contributed by atoms with van der Waals surface area (Å²) in [4.78, 5) is 19.4. The van der Waals surface area contributed by atoms with E-state index in [1.165, 1.54) is 49.1 Å². The summed E-state index contributed by atoms with van der Waals surface area (Å²) in [5.41, 5.74) is -6.40. The molecule has 2 heterocycles. The molecule has 0 atom stereocenters. The molecule has 0 saturated carbocycles. The van der Waals surface area contributed by atoms with Crippen LogP contribution in [-0.4, -0.2) is 41.4 Å². The predicted molar refractivity (Wildman–Crippen MR) is 159 cm³/mol. The maximum Gasteiger partial charge on any atom is 0.420 e. The van der Waals surface area contributed by atoms with E-state index in [4.69, 9.17) is 27.0 Å². The van der Waals surface area contributed by atoms with Crippen molar-refractivity contribution in [2.24, 2.45) is 0 Å². The number of rotatable bonds is 10. The smallest absolute Gasteiger partial charge is 0.420 e. The number of anilines is 2.